The van der Waals surface area contributed by atoms with Crippen molar-refractivity contribution in [2.75, 3.05) is 6.54 Å². The number of rotatable bonds is 6. The molecular weight excluding hydrogens is 202 g/mol. The van der Waals surface area contributed by atoms with Crippen LogP contribution in [0.2, 0.25) is 0 Å². The first-order valence-corrected chi connectivity index (χ1v) is 6.63. The molecule has 1 aliphatic rings. The highest BCUT2D eigenvalue weighted by atomic mass is 16.4. The Morgan fingerprint density at radius 3 is 2.25 bits per heavy atom. The summed E-state index contributed by atoms with van der Waals surface area (Å²) in [4.78, 5) is 11.3. The molecule has 16 heavy (non-hydrogen) atoms. The molecule has 2 N–H and O–H groups in total. The monoisotopic (exact) mass is 227 g/mol. The zero-order chi connectivity index (χ0) is 12.0. The molecule has 3 heteroatoms. The maximum atomic E-state index is 11.3. The number of aliphatic carboxylic acids is 1. The van der Waals surface area contributed by atoms with E-state index in [1.807, 2.05) is 13.8 Å². The van der Waals surface area contributed by atoms with Gasteiger partial charge in [-0.05, 0) is 38.1 Å². The lowest BCUT2D eigenvalue weighted by atomic mass is 9.87. The van der Waals surface area contributed by atoms with Crippen LogP contribution in [0.15, 0.2) is 0 Å². The van der Waals surface area contributed by atoms with Crippen molar-refractivity contribution in [1.29, 1.82) is 0 Å². The Labute approximate surface area is 98.6 Å². The summed E-state index contributed by atoms with van der Waals surface area (Å²) in [7, 11) is 0. The van der Waals surface area contributed by atoms with Crippen molar-refractivity contribution < 1.29 is 9.90 Å². The van der Waals surface area contributed by atoms with E-state index in [4.69, 9.17) is 0 Å². The summed E-state index contributed by atoms with van der Waals surface area (Å²) in [6, 6.07) is 0. The van der Waals surface area contributed by atoms with E-state index in [9.17, 15) is 9.90 Å². The second-order valence-corrected chi connectivity index (χ2v) is 4.98. The fourth-order valence-electron chi connectivity index (χ4n) is 2.61. The molecule has 0 spiro atoms. The van der Waals surface area contributed by atoms with Crippen LogP contribution in [0.1, 0.15) is 58.8 Å². The summed E-state index contributed by atoms with van der Waals surface area (Å²) < 4.78 is 0. The first-order valence-electron chi connectivity index (χ1n) is 6.63. The zero-order valence-corrected chi connectivity index (χ0v) is 10.6. The van der Waals surface area contributed by atoms with Gasteiger partial charge in [0.25, 0.3) is 0 Å². The number of hydrogen-bond donors (Lipinski definition) is 2. The zero-order valence-electron chi connectivity index (χ0n) is 10.6. The topological polar surface area (TPSA) is 49.3 Å². The second-order valence-electron chi connectivity index (χ2n) is 4.98. The van der Waals surface area contributed by atoms with Gasteiger partial charge in [0.05, 0.1) is 0 Å². The SMILES string of the molecule is CCC(CC)(NCC1CCCCC1)C(=O)O. The van der Waals surface area contributed by atoms with E-state index in [0.29, 0.717) is 18.8 Å². The summed E-state index contributed by atoms with van der Waals surface area (Å²) in [5.41, 5.74) is -0.697. The van der Waals surface area contributed by atoms with Gasteiger partial charge in [-0.25, -0.2) is 0 Å². The third-order valence-electron chi connectivity index (χ3n) is 4.07. The molecule has 1 aliphatic carbocycles. The fraction of sp³-hybridized carbons (Fsp3) is 0.923. The van der Waals surface area contributed by atoms with Crippen LogP contribution >= 0.6 is 0 Å². The molecule has 3 nitrogen and oxygen atoms in total. The van der Waals surface area contributed by atoms with Crippen LogP contribution in [0.25, 0.3) is 0 Å². The van der Waals surface area contributed by atoms with Crippen molar-refractivity contribution in [3.05, 3.63) is 0 Å². The Kier molecular flexibility index (Phi) is 5.26. The van der Waals surface area contributed by atoms with Gasteiger partial charge < -0.3 is 10.4 Å². The van der Waals surface area contributed by atoms with Gasteiger partial charge in [-0.3, -0.25) is 4.79 Å². The summed E-state index contributed by atoms with van der Waals surface area (Å²) in [6.07, 6.45) is 7.81. The fourth-order valence-corrected chi connectivity index (χ4v) is 2.61. The van der Waals surface area contributed by atoms with Crippen molar-refractivity contribution in [2.45, 2.75) is 64.3 Å². The van der Waals surface area contributed by atoms with Crippen LogP contribution < -0.4 is 5.32 Å². The average Bonchev–Trinajstić information content (AvgIpc) is 2.32. The van der Waals surface area contributed by atoms with Gasteiger partial charge in [0.1, 0.15) is 5.54 Å². The molecule has 0 bridgehead atoms. The molecule has 0 radical (unpaired) electrons. The summed E-state index contributed by atoms with van der Waals surface area (Å²) in [5.74, 6) is -0.0149. The van der Waals surface area contributed by atoms with Crippen LogP contribution in [0.4, 0.5) is 0 Å². The molecule has 0 aromatic heterocycles. The minimum atomic E-state index is -0.701. The smallest absolute Gasteiger partial charge is 0.323 e. The lowest BCUT2D eigenvalue weighted by molar-refractivity contribution is -0.145. The van der Waals surface area contributed by atoms with E-state index in [-0.39, 0.29) is 0 Å². The highest BCUT2D eigenvalue weighted by molar-refractivity contribution is 5.78. The molecule has 1 fully saturated rings. The quantitative estimate of drug-likeness (QED) is 0.733. The number of carboxylic acid groups (broad SMARTS) is 1. The molecule has 0 saturated heterocycles. The van der Waals surface area contributed by atoms with Gasteiger partial charge >= 0.3 is 5.97 Å². The average molecular weight is 227 g/mol. The van der Waals surface area contributed by atoms with Crippen LogP contribution in [0, 0.1) is 5.92 Å². The first kappa shape index (κ1) is 13.5. The van der Waals surface area contributed by atoms with Gasteiger partial charge in [0.2, 0.25) is 0 Å². The maximum absolute atomic E-state index is 11.3. The van der Waals surface area contributed by atoms with Crippen molar-refractivity contribution in [1.82, 2.24) is 5.32 Å². The first-order chi connectivity index (χ1) is 7.64. The molecule has 0 aliphatic heterocycles. The Morgan fingerprint density at radius 1 is 1.25 bits per heavy atom. The van der Waals surface area contributed by atoms with E-state index in [2.05, 4.69) is 5.32 Å². The normalized spacial score (nSPS) is 18.6. The molecule has 94 valence electrons. The molecule has 1 saturated carbocycles. The van der Waals surface area contributed by atoms with Crippen molar-refractivity contribution >= 4 is 5.97 Å². The van der Waals surface area contributed by atoms with Crippen LogP contribution in [-0.2, 0) is 4.79 Å². The van der Waals surface area contributed by atoms with Crippen molar-refractivity contribution in [3.63, 3.8) is 0 Å². The predicted octanol–water partition coefficient (Wildman–Crippen LogP) is 2.80. The van der Waals surface area contributed by atoms with Gasteiger partial charge in [0, 0.05) is 0 Å². The molecule has 0 aromatic carbocycles. The van der Waals surface area contributed by atoms with E-state index >= 15 is 0 Å². The lowest BCUT2D eigenvalue weighted by Crippen LogP contribution is -2.52. The van der Waals surface area contributed by atoms with Crippen molar-refractivity contribution in [3.8, 4) is 0 Å². The minimum Gasteiger partial charge on any atom is -0.480 e. The number of nitrogens with one attached hydrogen (secondary N) is 1. The largest absolute Gasteiger partial charge is 0.480 e. The molecule has 0 unspecified atom stereocenters. The predicted molar refractivity (Wildman–Crippen MR) is 65.5 cm³/mol. The van der Waals surface area contributed by atoms with Gasteiger partial charge in [0.15, 0.2) is 0 Å². The summed E-state index contributed by atoms with van der Waals surface area (Å²) in [6.45, 7) is 4.77. The Balaban J connectivity index is 2.45. The Bertz CT molecular complexity index is 218. The van der Waals surface area contributed by atoms with Gasteiger partial charge in [-0.15, -0.1) is 0 Å². The van der Waals surface area contributed by atoms with E-state index in [0.717, 1.165) is 6.54 Å². The highest BCUT2D eigenvalue weighted by Crippen LogP contribution is 2.24. The lowest BCUT2D eigenvalue weighted by Gasteiger charge is -2.31. The van der Waals surface area contributed by atoms with Gasteiger partial charge in [-0.2, -0.15) is 0 Å². The number of hydrogen-bond acceptors (Lipinski definition) is 2. The molecule has 0 atom stereocenters. The molecule has 1 rings (SSSR count). The van der Waals surface area contributed by atoms with Gasteiger partial charge in [-0.1, -0.05) is 33.1 Å². The third-order valence-corrected chi connectivity index (χ3v) is 4.07. The van der Waals surface area contributed by atoms with Crippen LogP contribution in [0.5, 0.6) is 0 Å². The summed E-state index contributed by atoms with van der Waals surface area (Å²) in [5, 5.41) is 12.6. The van der Waals surface area contributed by atoms with E-state index in [1.165, 1.54) is 32.1 Å². The van der Waals surface area contributed by atoms with Crippen molar-refractivity contribution in [2.24, 2.45) is 5.92 Å². The van der Waals surface area contributed by atoms with Crippen LogP contribution in [-0.4, -0.2) is 23.2 Å². The maximum Gasteiger partial charge on any atom is 0.323 e. The molecule has 0 aromatic rings. The highest BCUT2D eigenvalue weighted by Gasteiger charge is 2.34. The molecule has 0 amide bonds. The van der Waals surface area contributed by atoms with Crippen LogP contribution in [0.3, 0.4) is 0 Å². The molecular formula is C13H25NO2. The molecule has 0 heterocycles. The number of carbonyl (C=O) groups is 1. The third kappa shape index (κ3) is 3.21. The summed E-state index contributed by atoms with van der Waals surface area (Å²) >= 11 is 0. The Hall–Kier alpha value is -0.570. The Morgan fingerprint density at radius 2 is 1.81 bits per heavy atom. The van der Waals surface area contributed by atoms with E-state index in [1.54, 1.807) is 0 Å². The second kappa shape index (κ2) is 6.24. The standard InChI is InChI=1S/C13H25NO2/c1-3-13(4-2,12(15)16)14-10-11-8-6-5-7-9-11/h11,14H,3-10H2,1-2H3,(H,15,16). The minimum absolute atomic E-state index is 0.658. The van der Waals surface area contributed by atoms with E-state index < -0.39 is 11.5 Å². The number of carboxylic acids is 1.